The topological polar surface area (TPSA) is 74.7 Å². The molecule has 0 radical (unpaired) electrons. The lowest BCUT2D eigenvalue weighted by Crippen LogP contribution is -2.40. The number of hydrogen-bond donors (Lipinski definition) is 1. The molecule has 0 unspecified atom stereocenters. The van der Waals surface area contributed by atoms with Crippen LogP contribution in [0.3, 0.4) is 0 Å². The van der Waals surface area contributed by atoms with E-state index in [9.17, 15) is 13.2 Å². The van der Waals surface area contributed by atoms with Crippen LogP contribution in [0.25, 0.3) is 0 Å². The van der Waals surface area contributed by atoms with Crippen LogP contribution in [0.1, 0.15) is 38.2 Å². The number of aliphatic carboxylic acids is 1. The summed E-state index contributed by atoms with van der Waals surface area (Å²) in [5.74, 6) is -0.856. The van der Waals surface area contributed by atoms with Gasteiger partial charge in [-0.1, -0.05) is 26.0 Å². The molecule has 1 aromatic rings. The van der Waals surface area contributed by atoms with Gasteiger partial charge in [-0.05, 0) is 36.5 Å². The first kappa shape index (κ1) is 15.0. The van der Waals surface area contributed by atoms with Crippen molar-refractivity contribution in [3.05, 3.63) is 29.8 Å². The Labute approximate surface area is 119 Å². The summed E-state index contributed by atoms with van der Waals surface area (Å²) in [6.45, 7) is 4.24. The molecule has 1 fully saturated rings. The molecule has 0 spiro atoms. The average molecular weight is 297 g/mol. The highest BCUT2D eigenvalue weighted by atomic mass is 32.2. The van der Waals surface area contributed by atoms with Crippen LogP contribution in [-0.2, 0) is 14.8 Å². The van der Waals surface area contributed by atoms with Crippen molar-refractivity contribution in [1.29, 1.82) is 0 Å². The third kappa shape index (κ3) is 2.71. The van der Waals surface area contributed by atoms with Crippen molar-refractivity contribution in [3.8, 4) is 0 Å². The van der Waals surface area contributed by atoms with Gasteiger partial charge < -0.3 is 5.11 Å². The van der Waals surface area contributed by atoms with Gasteiger partial charge in [0.25, 0.3) is 0 Å². The lowest BCUT2D eigenvalue weighted by atomic mass is 10.0. The molecule has 0 saturated carbocycles. The number of nitrogens with zero attached hydrogens (tertiary/aromatic N) is 1. The molecule has 6 heteroatoms. The third-order valence-corrected chi connectivity index (χ3v) is 5.52. The minimum atomic E-state index is -3.74. The predicted octanol–water partition coefficient (Wildman–Crippen LogP) is 2.05. The molecule has 20 heavy (non-hydrogen) atoms. The van der Waals surface area contributed by atoms with E-state index < -0.39 is 22.0 Å². The molecule has 5 nitrogen and oxygen atoms in total. The number of carboxylic acids is 1. The van der Waals surface area contributed by atoms with E-state index in [2.05, 4.69) is 0 Å². The molecule has 0 aromatic heterocycles. The van der Waals surface area contributed by atoms with Crippen molar-refractivity contribution in [1.82, 2.24) is 4.31 Å². The molecule has 2 rings (SSSR count). The molecule has 1 saturated heterocycles. The summed E-state index contributed by atoms with van der Waals surface area (Å²) in [5.41, 5.74) is 0.928. The maximum Gasteiger partial charge on any atom is 0.322 e. The van der Waals surface area contributed by atoms with Crippen molar-refractivity contribution in [2.45, 2.75) is 43.5 Å². The Hall–Kier alpha value is -1.40. The van der Waals surface area contributed by atoms with Gasteiger partial charge in [0.05, 0.1) is 4.90 Å². The maximum atomic E-state index is 12.6. The summed E-state index contributed by atoms with van der Waals surface area (Å²) in [7, 11) is -3.74. The van der Waals surface area contributed by atoms with Gasteiger partial charge in [0, 0.05) is 6.54 Å². The zero-order chi connectivity index (χ0) is 14.9. The minimum absolute atomic E-state index is 0.178. The Morgan fingerprint density at radius 3 is 2.70 bits per heavy atom. The minimum Gasteiger partial charge on any atom is -0.480 e. The van der Waals surface area contributed by atoms with Crippen LogP contribution >= 0.6 is 0 Å². The molecule has 1 aliphatic heterocycles. The van der Waals surface area contributed by atoms with Crippen molar-refractivity contribution in [2.24, 2.45) is 0 Å². The lowest BCUT2D eigenvalue weighted by molar-refractivity contribution is -0.140. The SMILES string of the molecule is CC(C)c1cccc(S(=O)(=O)N2CCC[C@H]2C(=O)O)c1. The summed E-state index contributed by atoms with van der Waals surface area (Å²) < 4.78 is 26.3. The molecule has 0 aliphatic carbocycles. The summed E-state index contributed by atoms with van der Waals surface area (Å²) >= 11 is 0. The third-order valence-electron chi connectivity index (χ3n) is 3.62. The van der Waals surface area contributed by atoms with Crippen LogP contribution in [0.2, 0.25) is 0 Å². The Morgan fingerprint density at radius 2 is 2.10 bits per heavy atom. The van der Waals surface area contributed by atoms with Crippen LogP contribution in [0, 0.1) is 0 Å². The van der Waals surface area contributed by atoms with E-state index in [0.29, 0.717) is 12.8 Å². The highest BCUT2D eigenvalue weighted by Gasteiger charge is 2.39. The summed E-state index contributed by atoms with van der Waals surface area (Å²) in [5, 5.41) is 9.13. The molecule has 1 aromatic carbocycles. The van der Waals surface area contributed by atoms with Gasteiger partial charge in [0.2, 0.25) is 10.0 Å². The van der Waals surface area contributed by atoms with Crippen molar-refractivity contribution < 1.29 is 18.3 Å². The number of hydrogen-bond acceptors (Lipinski definition) is 3. The second-order valence-corrected chi connectivity index (χ2v) is 7.23. The first-order valence-corrected chi connectivity index (χ1v) is 8.12. The van der Waals surface area contributed by atoms with Crippen LogP contribution in [-0.4, -0.2) is 36.4 Å². The lowest BCUT2D eigenvalue weighted by Gasteiger charge is -2.21. The molecule has 0 bridgehead atoms. The maximum absolute atomic E-state index is 12.6. The van der Waals surface area contributed by atoms with E-state index in [0.717, 1.165) is 9.87 Å². The molecule has 0 amide bonds. The zero-order valence-corrected chi connectivity index (χ0v) is 12.4. The quantitative estimate of drug-likeness (QED) is 0.923. The highest BCUT2D eigenvalue weighted by molar-refractivity contribution is 7.89. The number of sulfonamides is 1. The van der Waals surface area contributed by atoms with Crippen LogP contribution < -0.4 is 0 Å². The molecule has 1 atom stereocenters. The van der Waals surface area contributed by atoms with E-state index in [1.807, 2.05) is 19.9 Å². The number of benzene rings is 1. The van der Waals surface area contributed by atoms with Gasteiger partial charge in [0.1, 0.15) is 6.04 Å². The Balaban J connectivity index is 2.40. The average Bonchev–Trinajstić information content (AvgIpc) is 2.89. The number of carbonyl (C=O) groups is 1. The molecule has 110 valence electrons. The van der Waals surface area contributed by atoms with Gasteiger partial charge in [-0.3, -0.25) is 4.79 Å². The van der Waals surface area contributed by atoms with Gasteiger partial charge in [-0.2, -0.15) is 4.31 Å². The molecular weight excluding hydrogens is 278 g/mol. The van der Waals surface area contributed by atoms with Crippen LogP contribution in [0.4, 0.5) is 0 Å². The smallest absolute Gasteiger partial charge is 0.322 e. The predicted molar refractivity (Wildman–Crippen MR) is 75.1 cm³/mol. The molecular formula is C14H19NO4S. The fourth-order valence-electron chi connectivity index (χ4n) is 2.44. The monoisotopic (exact) mass is 297 g/mol. The second-order valence-electron chi connectivity index (χ2n) is 5.34. The standard InChI is InChI=1S/C14H19NO4S/c1-10(2)11-5-3-6-12(9-11)20(18,19)15-8-4-7-13(15)14(16)17/h3,5-6,9-10,13H,4,7-8H2,1-2H3,(H,16,17)/t13-/m0/s1. The second kappa shape index (κ2) is 5.54. The number of carboxylic acid groups (broad SMARTS) is 1. The van der Waals surface area contributed by atoms with E-state index >= 15 is 0 Å². The van der Waals surface area contributed by atoms with Gasteiger partial charge >= 0.3 is 5.97 Å². The van der Waals surface area contributed by atoms with E-state index in [1.54, 1.807) is 12.1 Å². The fourth-order valence-corrected chi connectivity index (χ4v) is 4.15. The van der Waals surface area contributed by atoms with Crippen molar-refractivity contribution >= 4 is 16.0 Å². The molecule has 1 aliphatic rings. The summed E-state index contributed by atoms with van der Waals surface area (Å²) in [4.78, 5) is 11.3. The largest absolute Gasteiger partial charge is 0.480 e. The highest BCUT2D eigenvalue weighted by Crippen LogP contribution is 2.27. The van der Waals surface area contributed by atoms with E-state index in [-0.39, 0.29) is 17.4 Å². The first-order valence-electron chi connectivity index (χ1n) is 6.68. The normalized spacial score (nSPS) is 20.4. The first-order chi connectivity index (χ1) is 9.34. The molecule has 1 N–H and O–H groups in total. The van der Waals surface area contributed by atoms with Crippen molar-refractivity contribution in [3.63, 3.8) is 0 Å². The van der Waals surface area contributed by atoms with Crippen LogP contribution in [0.15, 0.2) is 29.2 Å². The van der Waals surface area contributed by atoms with Gasteiger partial charge in [-0.15, -0.1) is 0 Å². The Morgan fingerprint density at radius 1 is 1.40 bits per heavy atom. The fraction of sp³-hybridized carbons (Fsp3) is 0.500. The van der Waals surface area contributed by atoms with Gasteiger partial charge in [-0.25, -0.2) is 8.42 Å². The Bertz CT molecular complexity index is 609. The van der Waals surface area contributed by atoms with Crippen molar-refractivity contribution in [2.75, 3.05) is 6.54 Å². The molecule has 1 heterocycles. The Kier molecular flexibility index (Phi) is 4.15. The summed E-state index contributed by atoms with van der Waals surface area (Å²) in [6, 6.07) is 5.80. The van der Waals surface area contributed by atoms with Crippen LogP contribution in [0.5, 0.6) is 0 Å². The van der Waals surface area contributed by atoms with E-state index in [4.69, 9.17) is 5.11 Å². The zero-order valence-electron chi connectivity index (χ0n) is 11.6. The van der Waals surface area contributed by atoms with E-state index in [1.165, 1.54) is 6.07 Å². The summed E-state index contributed by atoms with van der Waals surface area (Å²) in [6.07, 6.45) is 0.957. The van der Waals surface area contributed by atoms with Gasteiger partial charge in [0.15, 0.2) is 0 Å². The number of rotatable bonds is 4.